The number of fused-ring (bicyclic) bond motifs is 1. The average molecular weight is 425 g/mol. The van der Waals surface area contributed by atoms with Crippen LogP contribution in [0.1, 0.15) is 15.9 Å². The highest BCUT2D eigenvalue weighted by atomic mass is 32.2. The third-order valence-electron chi connectivity index (χ3n) is 4.38. The predicted molar refractivity (Wildman–Crippen MR) is 113 cm³/mol. The summed E-state index contributed by atoms with van der Waals surface area (Å²) in [5.74, 6) is -1.78. The highest BCUT2D eigenvalue weighted by Gasteiger charge is 2.23. The van der Waals surface area contributed by atoms with E-state index in [-0.39, 0.29) is 10.5 Å². The molecule has 9 heteroatoms. The Balaban J connectivity index is 1.68. The summed E-state index contributed by atoms with van der Waals surface area (Å²) in [6.07, 6.45) is 1.19. The number of sulfonamides is 1. The Kier molecular flexibility index (Phi) is 6.24. The molecule has 0 spiro atoms. The fourth-order valence-electron chi connectivity index (χ4n) is 2.81. The van der Waals surface area contributed by atoms with E-state index in [4.69, 9.17) is 5.11 Å². The lowest BCUT2D eigenvalue weighted by Gasteiger charge is -2.16. The molecule has 8 nitrogen and oxygen atoms in total. The van der Waals surface area contributed by atoms with Crippen molar-refractivity contribution in [1.82, 2.24) is 9.73 Å². The van der Waals surface area contributed by atoms with Crippen LogP contribution in [0.2, 0.25) is 0 Å². The summed E-state index contributed by atoms with van der Waals surface area (Å²) in [7, 11) is -2.58. The van der Waals surface area contributed by atoms with Gasteiger partial charge in [0.2, 0.25) is 10.0 Å². The van der Waals surface area contributed by atoms with E-state index in [2.05, 4.69) is 10.5 Å². The Hall–Kier alpha value is -3.56. The Morgan fingerprint density at radius 2 is 1.70 bits per heavy atom. The number of likely N-dealkylation sites (N-methyl/N-ethyl adjacent to an activating group) is 1. The Labute approximate surface area is 173 Å². The molecular weight excluding hydrogens is 406 g/mol. The fraction of sp³-hybridized carbons (Fsp3) is 0.0952. The maximum absolute atomic E-state index is 12.8. The molecule has 0 saturated carbocycles. The lowest BCUT2D eigenvalue weighted by molar-refractivity contribution is -0.121. The third-order valence-corrected chi connectivity index (χ3v) is 6.18. The van der Waals surface area contributed by atoms with E-state index >= 15 is 0 Å². The summed E-state index contributed by atoms with van der Waals surface area (Å²) in [4.78, 5) is 23.4. The van der Waals surface area contributed by atoms with Gasteiger partial charge >= 0.3 is 5.97 Å². The topological polar surface area (TPSA) is 116 Å². The van der Waals surface area contributed by atoms with Crippen LogP contribution in [0.3, 0.4) is 0 Å². The van der Waals surface area contributed by atoms with Gasteiger partial charge in [-0.05, 0) is 29.0 Å². The first-order chi connectivity index (χ1) is 14.3. The molecule has 154 valence electrons. The second-order valence-corrected chi connectivity index (χ2v) is 8.50. The van der Waals surface area contributed by atoms with Crippen LogP contribution in [0.15, 0.2) is 76.7 Å². The minimum absolute atomic E-state index is 0.0338. The standard InChI is InChI=1S/C21H19N3O5S/c1-24(30(28,29)18-11-10-15-6-2-3-7-16(15)12-18)14-20(25)23-22-13-17-8-4-5-9-19(17)21(26)27/h2-13H,14H2,1H3,(H,23,25)(H,26,27). The summed E-state index contributed by atoms with van der Waals surface area (Å²) >= 11 is 0. The van der Waals surface area contributed by atoms with Gasteiger partial charge in [0.1, 0.15) is 0 Å². The monoisotopic (exact) mass is 425 g/mol. The van der Waals surface area contributed by atoms with E-state index in [1.807, 2.05) is 24.3 Å². The van der Waals surface area contributed by atoms with Gasteiger partial charge < -0.3 is 5.11 Å². The molecule has 3 rings (SSSR count). The zero-order valence-corrected chi connectivity index (χ0v) is 16.8. The first-order valence-electron chi connectivity index (χ1n) is 8.88. The van der Waals surface area contributed by atoms with E-state index in [0.717, 1.165) is 15.1 Å². The SMILES string of the molecule is CN(CC(=O)NN=Cc1ccccc1C(=O)O)S(=O)(=O)c1ccc2ccccc2c1. The largest absolute Gasteiger partial charge is 0.478 e. The van der Waals surface area contributed by atoms with Gasteiger partial charge in [0.05, 0.1) is 23.2 Å². The molecule has 0 bridgehead atoms. The van der Waals surface area contributed by atoms with Gasteiger partial charge in [-0.25, -0.2) is 18.6 Å². The zero-order chi connectivity index (χ0) is 21.7. The molecule has 0 aliphatic carbocycles. The predicted octanol–water partition coefficient (Wildman–Crippen LogP) is 2.31. The van der Waals surface area contributed by atoms with Gasteiger partial charge in [0.15, 0.2) is 0 Å². The molecule has 0 atom stereocenters. The van der Waals surface area contributed by atoms with Crippen molar-refractivity contribution in [3.8, 4) is 0 Å². The van der Waals surface area contributed by atoms with E-state index in [0.29, 0.717) is 5.56 Å². The number of carbonyl (C=O) groups is 2. The molecule has 30 heavy (non-hydrogen) atoms. The minimum atomic E-state index is -3.88. The summed E-state index contributed by atoms with van der Waals surface area (Å²) in [5.41, 5.74) is 2.55. The van der Waals surface area contributed by atoms with Crippen molar-refractivity contribution in [2.45, 2.75) is 4.90 Å². The maximum atomic E-state index is 12.8. The van der Waals surface area contributed by atoms with Crippen LogP contribution in [0, 0.1) is 0 Å². The van der Waals surface area contributed by atoms with Crippen molar-refractivity contribution in [3.63, 3.8) is 0 Å². The number of carboxylic acid groups (broad SMARTS) is 1. The molecule has 3 aromatic carbocycles. The van der Waals surface area contributed by atoms with Gasteiger partial charge in [-0.2, -0.15) is 9.41 Å². The lowest BCUT2D eigenvalue weighted by atomic mass is 10.1. The molecule has 0 fully saturated rings. The zero-order valence-electron chi connectivity index (χ0n) is 16.0. The molecule has 0 heterocycles. The molecule has 0 saturated heterocycles. The first-order valence-corrected chi connectivity index (χ1v) is 10.3. The Bertz CT molecular complexity index is 1240. The normalized spacial score (nSPS) is 11.8. The number of amides is 1. The van der Waals surface area contributed by atoms with Crippen molar-refractivity contribution in [1.29, 1.82) is 0 Å². The molecule has 0 aliphatic heterocycles. The number of aromatic carboxylic acids is 1. The van der Waals surface area contributed by atoms with Crippen molar-refractivity contribution in [2.75, 3.05) is 13.6 Å². The number of nitrogens with one attached hydrogen (secondary N) is 1. The number of benzene rings is 3. The summed E-state index contributed by atoms with van der Waals surface area (Å²) in [5, 5.41) is 14.5. The van der Waals surface area contributed by atoms with Crippen molar-refractivity contribution < 1.29 is 23.1 Å². The van der Waals surface area contributed by atoms with Gasteiger partial charge in [0, 0.05) is 12.6 Å². The van der Waals surface area contributed by atoms with Crippen LogP contribution in [0.5, 0.6) is 0 Å². The van der Waals surface area contributed by atoms with Crippen LogP contribution >= 0.6 is 0 Å². The molecule has 3 aromatic rings. The molecule has 0 unspecified atom stereocenters. The maximum Gasteiger partial charge on any atom is 0.336 e. The molecule has 0 radical (unpaired) electrons. The molecule has 2 N–H and O–H groups in total. The van der Waals surface area contributed by atoms with Crippen molar-refractivity contribution in [2.24, 2.45) is 5.10 Å². The average Bonchev–Trinajstić information content (AvgIpc) is 2.73. The van der Waals surface area contributed by atoms with Crippen molar-refractivity contribution in [3.05, 3.63) is 77.9 Å². The summed E-state index contributed by atoms with van der Waals surface area (Å²) in [6, 6.07) is 18.3. The van der Waals surface area contributed by atoms with Crippen LogP contribution < -0.4 is 5.43 Å². The van der Waals surface area contributed by atoms with Crippen LogP contribution in [-0.2, 0) is 14.8 Å². The van der Waals surface area contributed by atoms with Crippen molar-refractivity contribution >= 4 is 38.9 Å². The highest BCUT2D eigenvalue weighted by Crippen LogP contribution is 2.21. The lowest BCUT2D eigenvalue weighted by Crippen LogP contribution is -2.36. The number of nitrogens with zero attached hydrogens (tertiary/aromatic N) is 2. The van der Waals surface area contributed by atoms with E-state index in [1.165, 1.54) is 31.5 Å². The Morgan fingerprint density at radius 3 is 2.43 bits per heavy atom. The van der Waals surface area contributed by atoms with E-state index in [9.17, 15) is 18.0 Å². The third kappa shape index (κ3) is 4.70. The fourth-order valence-corrected chi connectivity index (χ4v) is 3.97. The summed E-state index contributed by atoms with van der Waals surface area (Å²) in [6.45, 7) is -0.451. The Morgan fingerprint density at radius 1 is 1.03 bits per heavy atom. The minimum Gasteiger partial charge on any atom is -0.478 e. The van der Waals surface area contributed by atoms with Crippen LogP contribution in [-0.4, -0.2) is 49.5 Å². The van der Waals surface area contributed by atoms with Gasteiger partial charge in [-0.15, -0.1) is 0 Å². The first kappa shape index (κ1) is 21.2. The van der Waals surface area contributed by atoms with Crippen LogP contribution in [0.4, 0.5) is 0 Å². The second kappa shape index (κ2) is 8.85. The number of rotatable bonds is 7. The molecule has 1 amide bonds. The number of hydrogen-bond acceptors (Lipinski definition) is 5. The molecular formula is C21H19N3O5S. The van der Waals surface area contributed by atoms with Gasteiger partial charge in [0.25, 0.3) is 5.91 Å². The summed E-state index contributed by atoms with van der Waals surface area (Å²) < 4.78 is 26.5. The molecule has 0 aromatic heterocycles. The van der Waals surface area contributed by atoms with Gasteiger partial charge in [-0.3, -0.25) is 4.79 Å². The second-order valence-electron chi connectivity index (χ2n) is 6.46. The number of hydrazone groups is 1. The quantitative estimate of drug-likeness (QED) is 0.445. The van der Waals surface area contributed by atoms with E-state index in [1.54, 1.807) is 24.3 Å². The highest BCUT2D eigenvalue weighted by molar-refractivity contribution is 7.89. The van der Waals surface area contributed by atoms with Gasteiger partial charge in [-0.1, -0.05) is 48.5 Å². The number of carbonyl (C=O) groups excluding carboxylic acids is 1. The number of hydrogen-bond donors (Lipinski definition) is 2. The number of carboxylic acids is 1. The molecule has 0 aliphatic rings. The van der Waals surface area contributed by atoms with E-state index < -0.39 is 28.4 Å². The smallest absolute Gasteiger partial charge is 0.336 e. The van der Waals surface area contributed by atoms with Crippen LogP contribution in [0.25, 0.3) is 10.8 Å².